The Morgan fingerprint density at radius 2 is 2.00 bits per heavy atom. The topological polar surface area (TPSA) is 49.3 Å². The van der Waals surface area contributed by atoms with Gasteiger partial charge in [0.2, 0.25) is 0 Å². The average Bonchev–Trinajstić information content (AvgIpc) is 2.48. The third-order valence-corrected chi connectivity index (χ3v) is 3.42. The van der Waals surface area contributed by atoms with Gasteiger partial charge in [0.05, 0.1) is 5.92 Å². The van der Waals surface area contributed by atoms with Crippen LogP contribution in [0.2, 0.25) is 5.02 Å². The van der Waals surface area contributed by atoms with Crippen LogP contribution < -0.4 is 5.32 Å². The molecule has 1 radical (unpaired) electrons. The molecule has 3 nitrogen and oxygen atoms in total. The van der Waals surface area contributed by atoms with Gasteiger partial charge in [-0.1, -0.05) is 48.0 Å². The number of carboxylic acid groups (broad SMARTS) is 1. The minimum atomic E-state index is -0.881. The van der Waals surface area contributed by atoms with Crippen LogP contribution >= 0.6 is 11.6 Å². The molecule has 0 bridgehead atoms. The summed E-state index contributed by atoms with van der Waals surface area (Å²) < 4.78 is 0. The van der Waals surface area contributed by atoms with Crippen molar-refractivity contribution in [2.45, 2.75) is 5.92 Å². The summed E-state index contributed by atoms with van der Waals surface area (Å²) in [5.74, 6) is -1.55. The normalized spacial score (nSPS) is 12.3. The van der Waals surface area contributed by atoms with Crippen molar-refractivity contribution >= 4 is 23.3 Å². The third kappa shape index (κ3) is 4.64. The fourth-order valence-corrected chi connectivity index (χ4v) is 2.20. The van der Waals surface area contributed by atoms with Gasteiger partial charge in [0.1, 0.15) is 0 Å². The van der Waals surface area contributed by atoms with Crippen LogP contribution in [0.5, 0.6) is 0 Å². The number of carboxylic acids is 1. The molecule has 113 valence electrons. The Balaban J connectivity index is 1.99. The summed E-state index contributed by atoms with van der Waals surface area (Å²) in [6, 6.07) is 14.6. The lowest BCUT2D eigenvalue weighted by molar-refractivity contribution is -0.137. The SMILES string of the molecule is [CH2]c1cccc(C(C=CCNc2ccc(Cl)cc2)C(=O)O)c1. The van der Waals surface area contributed by atoms with E-state index in [0.717, 1.165) is 16.8 Å². The molecule has 0 saturated heterocycles. The Morgan fingerprint density at radius 3 is 2.64 bits per heavy atom. The van der Waals surface area contributed by atoms with Crippen LogP contribution in [0.15, 0.2) is 60.7 Å². The van der Waals surface area contributed by atoms with Gasteiger partial charge < -0.3 is 10.4 Å². The lowest BCUT2D eigenvalue weighted by atomic mass is 9.97. The second kappa shape index (κ2) is 7.66. The van der Waals surface area contributed by atoms with E-state index in [1.54, 1.807) is 30.3 Å². The first kappa shape index (κ1) is 16.1. The highest BCUT2D eigenvalue weighted by Gasteiger charge is 2.16. The molecule has 2 aromatic carbocycles. The molecule has 0 aliphatic heterocycles. The Kier molecular flexibility index (Phi) is 5.61. The van der Waals surface area contributed by atoms with Crippen LogP contribution in [0.1, 0.15) is 17.0 Å². The van der Waals surface area contributed by atoms with E-state index in [0.29, 0.717) is 11.6 Å². The maximum absolute atomic E-state index is 11.4. The predicted molar refractivity (Wildman–Crippen MR) is 90.4 cm³/mol. The molecule has 0 heterocycles. The van der Waals surface area contributed by atoms with E-state index in [4.69, 9.17) is 11.6 Å². The second-order valence-electron chi connectivity index (χ2n) is 4.88. The summed E-state index contributed by atoms with van der Waals surface area (Å²) in [6.07, 6.45) is 3.49. The van der Waals surface area contributed by atoms with E-state index in [1.165, 1.54) is 0 Å². The summed E-state index contributed by atoms with van der Waals surface area (Å²) in [5.41, 5.74) is 2.46. The number of aliphatic carboxylic acids is 1. The fraction of sp³-hybridized carbons (Fsp3) is 0.111. The van der Waals surface area contributed by atoms with Crippen molar-refractivity contribution in [2.75, 3.05) is 11.9 Å². The molecule has 0 fully saturated rings. The maximum Gasteiger partial charge on any atom is 0.314 e. The van der Waals surface area contributed by atoms with Crippen molar-refractivity contribution in [3.8, 4) is 0 Å². The highest BCUT2D eigenvalue weighted by Crippen LogP contribution is 2.19. The van der Waals surface area contributed by atoms with E-state index < -0.39 is 11.9 Å². The molecule has 0 saturated carbocycles. The lowest BCUT2D eigenvalue weighted by Crippen LogP contribution is -2.10. The summed E-state index contributed by atoms with van der Waals surface area (Å²) in [7, 11) is 0. The molecule has 22 heavy (non-hydrogen) atoms. The van der Waals surface area contributed by atoms with E-state index in [2.05, 4.69) is 12.2 Å². The van der Waals surface area contributed by atoms with E-state index in [1.807, 2.05) is 30.3 Å². The molecule has 2 N–H and O–H groups in total. The second-order valence-corrected chi connectivity index (χ2v) is 5.31. The Morgan fingerprint density at radius 1 is 1.27 bits per heavy atom. The van der Waals surface area contributed by atoms with Gasteiger partial charge in [-0.3, -0.25) is 4.79 Å². The number of nitrogens with one attached hydrogen (secondary N) is 1. The molecule has 0 spiro atoms. The molecule has 1 atom stereocenters. The fourth-order valence-electron chi connectivity index (χ4n) is 2.07. The van der Waals surface area contributed by atoms with E-state index >= 15 is 0 Å². The van der Waals surface area contributed by atoms with Crippen molar-refractivity contribution in [1.82, 2.24) is 0 Å². The molecule has 0 aliphatic rings. The van der Waals surface area contributed by atoms with Crippen molar-refractivity contribution in [2.24, 2.45) is 0 Å². The molecular formula is C18H17ClNO2. The number of halogens is 1. The Bertz CT molecular complexity index is 665. The molecule has 1 unspecified atom stereocenters. The number of rotatable bonds is 6. The Hall–Kier alpha value is -2.26. The summed E-state index contributed by atoms with van der Waals surface area (Å²) in [4.78, 5) is 11.4. The molecule has 4 heteroatoms. The largest absolute Gasteiger partial charge is 0.481 e. The van der Waals surface area contributed by atoms with E-state index in [9.17, 15) is 9.90 Å². The summed E-state index contributed by atoms with van der Waals surface area (Å²) in [6.45, 7) is 4.36. The zero-order chi connectivity index (χ0) is 15.9. The first-order valence-electron chi connectivity index (χ1n) is 6.87. The smallest absolute Gasteiger partial charge is 0.314 e. The van der Waals surface area contributed by atoms with Gasteiger partial charge in [0, 0.05) is 17.3 Å². The number of anilines is 1. The van der Waals surface area contributed by atoms with Crippen LogP contribution in [0, 0.1) is 6.92 Å². The van der Waals surface area contributed by atoms with Crippen LogP contribution in [0.3, 0.4) is 0 Å². The molecule has 0 aromatic heterocycles. The molecular weight excluding hydrogens is 298 g/mol. The van der Waals surface area contributed by atoms with Gasteiger partial charge in [0.15, 0.2) is 0 Å². The standard InChI is InChI=1S/C18H17ClNO2/c1-13-4-2-5-14(12-13)17(18(21)22)6-3-11-20-16-9-7-15(19)8-10-16/h2-10,12,17,20H,1,11H2,(H,21,22). The number of hydrogen-bond acceptors (Lipinski definition) is 2. The first-order valence-corrected chi connectivity index (χ1v) is 7.25. The van der Waals surface area contributed by atoms with Gasteiger partial charge in [-0.15, -0.1) is 0 Å². The van der Waals surface area contributed by atoms with Gasteiger partial charge in [-0.2, -0.15) is 0 Å². The molecule has 2 rings (SSSR count). The molecule has 2 aromatic rings. The van der Waals surface area contributed by atoms with Crippen LogP contribution in [0.25, 0.3) is 0 Å². The van der Waals surface area contributed by atoms with Crippen molar-refractivity contribution in [1.29, 1.82) is 0 Å². The van der Waals surface area contributed by atoms with Crippen LogP contribution in [-0.4, -0.2) is 17.6 Å². The number of carbonyl (C=O) groups is 1. The van der Waals surface area contributed by atoms with Gasteiger partial charge >= 0.3 is 5.97 Å². The predicted octanol–water partition coefficient (Wildman–Crippen LogP) is 4.36. The maximum atomic E-state index is 11.4. The highest BCUT2D eigenvalue weighted by molar-refractivity contribution is 6.30. The minimum Gasteiger partial charge on any atom is -0.481 e. The van der Waals surface area contributed by atoms with Crippen molar-refractivity contribution in [3.63, 3.8) is 0 Å². The lowest BCUT2D eigenvalue weighted by Gasteiger charge is -2.09. The summed E-state index contributed by atoms with van der Waals surface area (Å²) >= 11 is 5.82. The zero-order valence-electron chi connectivity index (χ0n) is 12.0. The van der Waals surface area contributed by atoms with Crippen LogP contribution in [0.4, 0.5) is 5.69 Å². The zero-order valence-corrected chi connectivity index (χ0v) is 12.8. The minimum absolute atomic E-state index is 0.537. The summed E-state index contributed by atoms with van der Waals surface area (Å²) in [5, 5.41) is 13.2. The Labute approximate surface area is 135 Å². The quantitative estimate of drug-likeness (QED) is 0.779. The van der Waals surface area contributed by atoms with Gasteiger partial charge in [-0.05, 0) is 42.3 Å². The monoisotopic (exact) mass is 314 g/mol. The van der Waals surface area contributed by atoms with Crippen molar-refractivity contribution < 1.29 is 9.90 Å². The first-order chi connectivity index (χ1) is 10.6. The molecule has 0 amide bonds. The van der Waals surface area contributed by atoms with Gasteiger partial charge in [0.25, 0.3) is 0 Å². The van der Waals surface area contributed by atoms with Crippen molar-refractivity contribution in [3.05, 3.63) is 83.8 Å². The molecule has 0 aliphatic carbocycles. The van der Waals surface area contributed by atoms with Gasteiger partial charge in [-0.25, -0.2) is 0 Å². The number of benzene rings is 2. The third-order valence-electron chi connectivity index (χ3n) is 3.17. The highest BCUT2D eigenvalue weighted by atomic mass is 35.5. The van der Waals surface area contributed by atoms with E-state index in [-0.39, 0.29) is 0 Å². The van der Waals surface area contributed by atoms with Crippen LogP contribution in [-0.2, 0) is 4.79 Å². The average molecular weight is 315 g/mol. The number of hydrogen-bond donors (Lipinski definition) is 2.